The standard InChI is InChI=1S/C17H10Cl3F3N2O/c1-7-14(16(26)10-3-2-8(21)4-11(10)18)25(17(20)24-7)15-12(19)5-9(22)6-13(15)23/h2-6,16,26H,1H3. The quantitative estimate of drug-likeness (QED) is 0.594. The molecule has 0 spiro atoms. The molecule has 1 aromatic heterocycles. The Hall–Kier alpha value is -1.73. The molecule has 0 fully saturated rings. The van der Waals surface area contributed by atoms with Crippen LogP contribution in [0.1, 0.15) is 23.1 Å². The first kappa shape index (κ1) is 19.0. The molecular weight excluding hydrogens is 412 g/mol. The van der Waals surface area contributed by atoms with Crippen LogP contribution >= 0.6 is 34.8 Å². The van der Waals surface area contributed by atoms with Crippen molar-refractivity contribution in [2.24, 2.45) is 0 Å². The Morgan fingerprint density at radius 1 is 1.00 bits per heavy atom. The molecule has 9 heteroatoms. The van der Waals surface area contributed by atoms with Gasteiger partial charge in [-0.25, -0.2) is 18.2 Å². The molecule has 1 heterocycles. The van der Waals surface area contributed by atoms with Crippen molar-refractivity contribution in [3.05, 3.63) is 80.1 Å². The number of aromatic nitrogens is 2. The molecule has 0 amide bonds. The number of hydrogen-bond donors (Lipinski definition) is 1. The first-order valence-electron chi connectivity index (χ1n) is 7.23. The van der Waals surface area contributed by atoms with Gasteiger partial charge in [0.15, 0.2) is 5.82 Å². The van der Waals surface area contributed by atoms with Crippen molar-refractivity contribution in [1.29, 1.82) is 0 Å². The van der Waals surface area contributed by atoms with E-state index in [4.69, 9.17) is 34.8 Å². The van der Waals surface area contributed by atoms with Gasteiger partial charge in [0.1, 0.15) is 23.4 Å². The minimum atomic E-state index is -1.41. The Bertz CT molecular complexity index is 984. The summed E-state index contributed by atoms with van der Waals surface area (Å²) in [7, 11) is 0. The summed E-state index contributed by atoms with van der Waals surface area (Å²) in [5, 5.41) is 10.3. The van der Waals surface area contributed by atoms with Crippen molar-refractivity contribution in [3.63, 3.8) is 0 Å². The van der Waals surface area contributed by atoms with Crippen LogP contribution in [0.25, 0.3) is 5.69 Å². The van der Waals surface area contributed by atoms with Gasteiger partial charge in [0.25, 0.3) is 0 Å². The lowest BCUT2D eigenvalue weighted by molar-refractivity contribution is 0.212. The van der Waals surface area contributed by atoms with Crippen molar-refractivity contribution in [1.82, 2.24) is 9.55 Å². The zero-order chi connectivity index (χ0) is 19.2. The third-order valence-corrected chi connectivity index (χ3v) is 4.65. The summed E-state index contributed by atoms with van der Waals surface area (Å²) in [5.41, 5.74) is 0.220. The molecule has 0 aliphatic rings. The van der Waals surface area contributed by atoms with Gasteiger partial charge >= 0.3 is 0 Å². The second-order valence-electron chi connectivity index (χ2n) is 5.47. The largest absolute Gasteiger partial charge is 0.382 e. The van der Waals surface area contributed by atoms with Crippen LogP contribution in [0.3, 0.4) is 0 Å². The van der Waals surface area contributed by atoms with Gasteiger partial charge in [-0.1, -0.05) is 29.3 Å². The third-order valence-electron chi connectivity index (χ3n) is 3.78. The summed E-state index contributed by atoms with van der Waals surface area (Å²) < 4.78 is 42.1. The number of aryl methyl sites for hydroxylation is 1. The Kier molecular flexibility index (Phi) is 5.21. The fourth-order valence-corrected chi connectivity index (χ4v) is 3.51. The molecule has 3 aromatic rings. The van der Waals surface area contributed by atoms with E-state index >= 15 is 0 Å². The maximum absolute atomic E-state index is 14.4. The molecule has 3 nitrogen and oxygen atoms in total. The topological polar surface area (TPSA) is 38.0 Å². The summed E-state index contributed by atoms with van der Waals surface area (Å²) in [4.78, 5) is 4.02. The molecule has 0 aliphatic heterocycles. The molecule has 3 rings (SSSR count). The third kappa shape index (κ3) is 3.30. The molecule has 1 N–H and O–H groups in total. The van der Waals surface area contributed by atoms with E-state index in [2.05, 4.69) is 4.98 Å². The molecule has 136 valence electrons. The predicted octanol–water partition coefficient (Wildman–Crippen LogP) is 5.64. The number of halogens is 6. The fourth-order valence-electron chi connectivity index (χ4n) is 2.66. The Labute approximate surface area is 161 Å². The van der Waals surface area contributed by atoms with Crippen LogP contribution in [0, 0.1) is 24.4 Å². The van der Waals surface area contributed by atoms with Crippen molar-refractivity contribution >= 4 is 34.8 Å². The minimum Gasteiger partial charge on any atom is -0.382 e. The van der Waals surface area contributed by atoms with Gasteiger partial charge in [0.05, 0.1) is 16.4 Å². The summed E-state index contributed by atoms with van der Waals surface area (Å²) in [5.74, 6) is -2.44. The first-order chi connectivity index (χ1) is 12.2. The lowest BCUT2D eigenvalue weighted by Gasteiger charge is -2.18. The lowest BCUT2D eigenvalue weighted by atomic mass is 10.0. The minimum absolute atomic E-state index is 0.0357. The summed E-state index contributed by atoms with van der Waals surface area (Å²) >= 11 is 18.1. The number of imidazole rings is 1. The Balaban J connectivity index is 2.25. The van der Waals surface area contributed by atoms with E-state index in [0.29, 0.717) is 6.07 Å². The lowest BCUT2D eigenvalue weighted by Crippen LogP contribution is -2.11. The van der Waals surface area contributed by atoms with Crippen LogP contribution in [0.2, 0.25) is 15.3 Å². The van der Waals surface area contributed by atoms with E-state index < -0.39 is 23.6 Å². The Morgan fingerprint density at radius 3 is 2.27 bits per heavy atom. The molecule has 0 radical (unpaired) electrons. The highest BCUT2D eigenvalue weighted by Gasteiger charge is 2.27. The molecular formula is C17H10Cl3F3N2O. The highest BCUT2D eigenvalue weighted by atomic mass is 35.5. The fraction of sp³-hybridized carbons (Fsp3) is 0.118. The second kappa shape index (κ2) is 7.12. The van der Waals surface area contributed by atoms with Gasteiger partial charge < -0.3 is 5.11 Å². The molecule has 1 unspecified atom stereocenters. The van der Waals surface area contributed by atoms with E-state index in [1.165, 1.54) is 13.0 Å². The SMILES string of the molecule is Cc1nc(Cl)n(-c2c(F)cc(F)cc2Cl)c1C(O)c1ccc(F)cc1Cl. The monoisotopic (exact) mass is 420 g/mol. The number of hydrogen-bond acceptors (Lipinski definition) is 2. The normalized spacial score (nSPS) is 12.5. The van der Waals surface area contributed by atoms with Crippen LogP contribution in [0.15, 0.2) is 30.3 Å². The maximum Gasteiger partial charge on any atom is 0.208 e. The Morgan fingerprint density at radius 2 is 1.65 bits per heavy atom. The molecule has 0 aliphatic carbocycles. The maximum atomic E-state index is 14.4. The molecule has 26 heavy (non-hydrogen) atoms. The first-order valence-corrected chi connectivity index (χ1v) is 8.36. The number of benzene rings is 2. The zero-order valence-corrected chi connectivity index (χ0v) is 15.3. The van der Waals surface area contributed by atoms with Crippen molar-refractivity contribution in [2.45, 2.75) is 13.0 Å². The zero-order valence-electron chi connectivity index (χ0n) is 13.1. The smallest absolute Gasteiger partial charge is 0.208 e. The second-order valence-corrected chi connectivity index (χ2v) is 6.63. The van der Waals surface area contributed by atoms with Gasteiger partial charge in [0, 0.05) is 16.7 Å². The molecule has 2 aromatic carbocycles. The van der Waals surface area contributed by atoms with Gasteiger partial charge in [-0.15, -0.1) is 0 Å². The van der Waals surface area contributed by atoms with Gasteiger partial charge in [-0.3, -0.25) is 4.57 Å². The van der Waals surface area contributed by atoms with E-state index in [0.717, 1.165) is 22.8 Å². The summed E-state index contributed by atoms with van der Waals surface area (Å²) in [6.45, 7) is 1.54. The van der Waals surface area contributed by atoms with Crippen LogP contribution in [0.4, 0.5) is 13.2 Å². The number of aliphatic hydroxyl groups excluding tert-OH is 1. The van der Waals surface area contributed by atoms with E-state index in [1.807, 2.05) is 0 Å². The number of aliphatic hydroxyl groups is 1. The predicted molar refractivity (Wildman–Crippen MR) is 93.7 cm³/mol. The van der Waals surface area contributed by atoms with E-state index in [1.54, 1.807) is 0 Å². The van der Waals surface area contributed by atoms with Crippen LogP contribution in [0.5, 0.6) is 0 Å². The highest BCUT2D eigenvalue weighted by Crippen LogP contribution is 2.36. The van der Waals surface area contributed by atoms with Crippen LogP contribution in [-0.4, -0.2) is 14.7 Å². The number of rotatable bonds is 3. The highest BCUT2D eigenvalue weighted by molar-refractivity contribution is 6.33. The molecule has 1 atom stereocenters. The molecule has 0 saturated carbocycles. The van der Waals surface area contributed by atoms with Crippen LogP contribution < -0.4 is 0 Å². The van der Waals surface area contributed by atoms with E-state index in [-0.39, 0.29) is 38.0 Å². The van der Waals surface area contributed by atoms with Gasteiger partial charge in [0.2, 0.25) is 5.28 Å². The average molecular weight is 422 g/mol. The van der Waals surface area contributed by atoms with Crippen molar-refractivity contribution < 1.29 is 18.3 Å². The van der Waals surface area contributed by atoms with Gasteiger partial charge in [-0.2, -0.15) is 0 Å². The van der Waals surface area contributed by atoms with E-state index in [9.17, 15) is 18.3 Å². The summed E-state index contributed by atoms with van der Waals surface area (Å²) in [6, 6.07) is 4.98. The summed E-state index contributed by atoms with van der Waals surface area (Å²) in [6.07, 6.45) is -1.41. The van der Waals surface area contributed by atoms with Crippen molar-refractivity contribution in [3.8, 4) is 5.69 Å². The average Bonchev–Trinajstić information content (AvgIpc) is 2.80. The van der Waals surface area contributed by atoms with Gasteiger partial charge in [-0.05, 0) is 36.7 Å². The number of nitrogens with zero attached hydrogens (tertiary/aromatic N) is 2. The molecule has 0 bridgehead atoms. The van der Waals surface area contributed by atoms with Crippen molar-refractivity contribution in [2.75, 3.05) is 0 Å². The molecule has 0 saturated heterocycles. The van der Waals surface area contributed by atoms with Crippen LogP contribution in [-0.2, 0) is 0 Å².